The van der Waals surface area contributed by atoms with E-state index < -0.39 is 0 Å². The van der Waals surface area contributed by atoms with Crippen LogP contribution in [0, 0.1) is 6.92 Å². The lowest BCUT2D eigenvalue weighted by molar-refractivity contribution is -0.116. The molecule has 0 aliphatic carbocycles. The number of carbonyl (C=O) groups excluding carboxylic acids is 1. The second-order valence-corrected chi connectivity index (χ2v) is 4.39. The summed E-state index contributed by atoms with van der Waals surface area (Å²) in [6.45, 7) is 7.32. The van der Waals surface area contributed by atoms with Crippen molar-refractivity contribution in [1.82, 2.24) is 14.9 Å². The second-order valence-electron chi connectivity index (χ2n) is 4.39. The van der Waals surface area contributed by atoms with Gasteiger partial charge in [0.1, 0.15) is 11.6 Å². The normalized spacial score (nSPS) is 11.4. The number of ether oxygens (including phenoxy) is 1. The molecule has 20 heavy (non-hydrogen) atoms. The number of hydrogen-bond donors (Lipinski definition) is 1. The summed E-state index contributed by atoms with van der Waals surface area (Å²) < 4.78 is 5.26. The zero-order valence-electron chi connectivity index (χ0n) is 12.3. The Morgan fingerprint density at radius 2 is 2.30 bits per heavy atom. The number of nitrogen functional groups attached to an aromatic ring is 1. The molecule has 0 saturated carbocycles. The van der Waals surface area contributed by atoms with Gasteiger partial charge in [-0.05, 0) is 27.2 Å². The fourth-order valence-corrected chi connectivity index (χ4v) is 1.68. The maximum Gasteiger partial charge on any atom is 0.214 e. The zero-order valence-corrected chi connectivity index (χ0v) is 12.3. The van der Waals surface area contributed by atoms with Crippen LogP contribution in [0.15, 0.2) is 18.0 Å². The summed E-state index contributed by atoms with van der Waals surface area (Å²) in [6.07, 6.45) is 5.17. The van der Waals surface area contributed by atoms with Gasteiger partial charge in [0.25, 0.3) is 0 Å². The van der Waals surface area contributed by atoms with E-state index >= 15 is 0 Å². The average Bonchev–Trinajstić information content (AvgIpc) is 2.42. The monoisotopic (exact) mass is 278 g/mol. The van der Waals surface area contributed by atoms with Crippen LogP contribution >= 0.6 is 0 Å². The first-order valence-corrected chi connectivity index (χ1v) is 6.63. The van der Waals surface area contributed by atoms with Gasteiger partial charge in [0, 0.05) is 24.1 Å². The fourth-order valence-electron chi connectivity index (χ4n) is 1.68. The summed E-state index contributed by atoms with van der Waals surface area (Å²) in [4.78, 5) is 21.0. The number of nitrogens with two attached hydrogens (primary N) is 1. The Hall–Kier alpha value is -1.95. The highest BCUT2D eigenvalue weighted by molar-refractivity contribution is 5.52. The van der Waals surface area contributed by atoms with E-state index in [0.717, 1.165) is 24.1 Å². The Bertz CT molecular complexity index is 474. The fraction of sp³-hybridized carbons (Fsp3) is 0.500. The molecule has 6 heteroatoms. The van der Waals surface area contributed by atoms with Crippen molar-refractivity contribution in [2.45, 2.75) is 33.7 Å². The van der Waals surface area contributed by atoms with Gasteiger partial charge in [-0.15, -0.1) is 0 Å². The topological polar surface area (TPSA) is 81.3 Å². The molecule has 0 saturated heterocycles. The van der Waals surface area contributed by atoms with Crippen molar-refractivity contribution >= 4 is 12.2 Å². The molecule has 2 N–H and O–H groups in total. The number of aryl methyl sites for hydroxylation is 1. The van der Waals surface area contributed by atoms with Crippen LogP contribution in [-0.2, 0) is 16.1 Å². The minimum Gasteiger partial charge on any atom is -0.383 e. The molecule has 1 aromatic heterocycles. The minimum absolute atomic E-state index is 0.368. The largest absolute Gasteiger partial charge is 0.383 e. The van der Waals surface area contributed by atoms with Crippen molar-refractivity contribution in [3.63, 3.8) is 0 Å². The van der Waals surface area contributed by atoms with Crippen LogP contribution in [-0.4, -0.2) is 34.5 Å². The van der Waals surface area contributed by atoms with E-state index in [1.807, 2.05) is 19.9 Å². The average molecular weight is 278 g/mol. The molecule has 0 aliphatic heterocycles. The number of allylic oxidation sites excluding steroid dienone is 1. The Kier molecular flexibility index (Phi) is 6.66. The molecule has 1 aromatic rings. The van der Waals surface area contributed by atoms with Crippen molar-refractivity contribution in [1.29, 1.82) is 0 Å². The first-order chi connectivity index (χ1) is 9.58. The van der Waals surface area contributed by atoms with Gasteiger partial charge in [-0.1, -0.05) is 6.08 Å². The summed E-state index contributed by atoms with van der Waals surface area (Å²) in [5.74, 6) is 1.03. The second kappa shape index (κ2) is 8.27. The number of anilines is 1. The van der Waals surface area contributed by atoms with Crippen LogP contribution in [0.3, 0.4) is 0 Å². The van der Waals surface area contributed by atoms with Crippen molar-refractivity contribution < 1.29 is 9.53 Å². The number of amides is 1. The molecule has 0 spiro atoms. The van der Waals surface area contributed by atoms with E-state index in [9.17, 15) is 4.79 Å². The smallest absolute Gasteiger partial charge is 0.214 e. The predicted octanol–water partition coefficient (Wildman–Crippen LogP) is 1.66. The third kappa shape index (κ3) is 4.97. The highest BCUT2D eigenvalue weighted by Gasteiger charge is 2.09. The Balaban J connectivity index is 2.68. The lowest BCUT2D eigenvalue weighted by Gasteiger charge is -2.18. The van der Waals surface area contributed by atoms with E-state index in [1.165, 1.54) is 0 Å². The highest BCUT2D eigenvalue weighted by atomic mass is 16.5. The SMILES string of the molecule is CCOCCC=C(C)N(C=O)Cc1cnc(C)nc1N. The third-order valence-corrected chi connectivity index (χ3v) is 2.85. The summed E-state index contributed by atoms with van der Waals surface area (Å²) >= 11 is 0. The van der Waals surface area contributed by atoms with Gasteiger partial charge in [0.15, 0.2) is 0 Å². The van der Waals surface area contributed by atoms with Crippen molar-refractivity contribution in [3.8, 4) is 0 Å². The molecule has 0 unspecified atom stereocenters. The molecule has 0 aromatic carbocycles. The molecule has 0 radical (unpaired) electrons. The summed E-state index contributed by atoms with van der Waals surface area (Å²) in [6, 6.07) is 0. The molecule has 1 rings (SSSR count). The number of rotatable bonds is 8. The molecular formula is C14H22N4O2. The van der Waals surface area contributed by atoms with Crippen LogP contribution in [0.4, 0.5) is 5.82 Å². The molecular weight excluding hydrogens is 256 g/mol. The summed E-state index contributed by atoms with van der Waals surface area (Å²) in [5, 5.41) is 0. The van der Waals surface area contributed by atoms with E-state index in [4.69, 9.17) is 10.5 Å². The minimum atomic E-state index is 0.368. The van der Waals surface area contributed by atoms with Crippen LogP contribution in [0.25, 0.3) is 0 Å². The van der Waals surface area contributed by atoms with Gasteiger partial charge >= 0.3 is 0 Å². The van der Waals surface area contributed by atoms with Gasteiger partial charge in [-0.25, -0.2) is 9.97 Å². The lowest BCUT2D eigenvalue weighted by atomic mass is 10.2. The van der Waals surface area contributed by atoms with Crippen LogP contribution in [0.2, 0.25) is 0 Å². The van der Waals surface area contributed by atoms with Crippen molar-refractivity contribution in [2.24, 2.45) is 0 Å². The molecule has 0 bridgehead atoms. The summed E-state index contributed by atoms with van der Waals surface area (Å²) in [5.41, 5.74) is 7.43. The molecule has 0 aliphatic rings. The number of nitrogens with zero attached hydrogens (tertiary/aromatic N) is 3. The zero-order chi connectivity index (χ0) is 15.0. The summed E-state index contributed by atoms with van der Waals surface area (Å²) in [7, 11) is 0. The van der Waals surface area contributed by atoms with E-state index in [2.05, 4.69) is 9.97 Å². The first kappa shape index (κ1) is 16.1. The van der Waals surface area contributed by atoms with E-state index in [0.29, 0.717) is 31.4 Å². The van der Waals surface area contributed by atoms with Crippen LogP contribution < -0.4 is 5.73 Å². The van der Waals surface area contributed by atoms with E-state index in [1.54, 1.807) is 18.0 Å². The molecule has 0 fully saturated rings. The van der Waals surface area contributed by atoms with Crippen molar-refractivity contribution in [3.05, 3.63) is 29.4 Å². The predicted molar refractivity (Wildman–Crippen MR) is 77.7 cm³/mol. The maximum absolute atomic E-state index is 11.2. The number of carbonyl (C=O) groups is 1. The Morgan fingerprint density at radius 3 is 2.90 bits per heavy atom. The van der Waals surface area contributed by atoms with Crippen molar-refractivity contribution in [2.75, 3.05) is 18.9 Å². The van der Waals surface area contributed by atoms with Crippen LogP contribution in [0.1, 0.15) is 31.7 Å². The van der Waals surface area contributed by atoms with Gasteiger partial charge in [0.05, 0.1) is 13.2 Å². The van der Waals surface area contributed by atoms with Gasteiger partial charge in [-0.2, -0.15) is 0 Å². The van der Waals surface area contributed by atoms with Gasteiger partial charge < -0.3 is 15.4 Å². The maximum atomic E-state index is 11.2. The van der Waals surface area contributed by atoms with Gasteiger partial charge in [0.2, 0.25) is 6.41 Å². The van der Waals surface area contributed by atoms with Crippen LogP contribution in [0.5, 0.6) is 0 Å². The standard InChI is InChI=1S/C14H22N4O2/c1-4-20-7-5-6-11(2)18(10-19)9-13-8-16-12(3)17-14(13)15/h6,8,10H,4-5,7,9H2,1-3H3,(H2,15,16,17). The first-order valence-electron chi connectivity index (χ1n) is 6.63. The Morgan fingerprint density at radius 1 is 1.55 bits per heavy atom. The molecule has 1 heterocycles. The molecule has 0 atom stereocenters. The number of aromatic nitrogens is 2. The molecule has 110 valence electrons. The Labute approximate surface area is 119 Å². The van der Waals surface area contributed by atoms with Gasteiger partial charge in [-0.3, -0.25) is 4.79 Å². The quantitative estimate of drug-likeness (QED) is 0.577. The molecule has 1 amide bonds. The lowest BCUT2D eigenvalue weighted by Crippen LogP contribution is -2.20. The highest BCUT2D eigenvalue weighted by Crippen LogP contribution is 2.13. The van der Waals surface area contributed by atoms with E-state index in [-0.39, 0.29) is 0 Å². The molecule has 6 nitrogen and oxygen atoms in total. The number of hydrogen-bond acceptors (Lipinski definition) is 5. The third-order valence-electron chi connectivity index (χ3n) is 2.85.